The Morgan fingerprint density at radius 1 is 1.31 bits per heavy atom. The zero-order chi connectivity index (χ0) is 20.9. The standard InChI is InChI=1S/C19H22ClF3N4O2/c1-10-5-3-6-11(2)26(10)18(28)16-15(20)17-24-12(13-7-4-8-29-13)9-14(19(21,22)23)27(17)25-16/h4,7-8,10-12,14,24H,3,5-6,9H2,1-2H3/t10-,11+,12-,14+/m1/s1. The summed E-state index contributed by atoms with van der Waals surface area (Å²) in [5.41, 5.74) is -0.149. The SMILES string of the molecule is C[C@@H]1CCC[C@H](C)N1C(=O)c1nn2c(c1Cl)N[C@@H](c1ccco1)C[C@H]2C(F)(F)F. The number of amides is 1. The Morgan fingerprint density at radius 3 is 2.59 bits per heavy atom. The number of hydrogen-bond acceptors (Lipinski definition) is 4. The zero-order valence-corrected chi connectivity index (χ0v) is 16.8. The van der Waals surface area contributed by atoms with Gasteiger partial charge < -0.3 is 14.6 Å². The Morgan fingerprint density at radius 2 is 2.00 bits per heavy atom. The molecule has 6 nitrogen and oxygen atoms in total. The number of carbonyl (C=O) groups excluding carboxylic acids is 1. The van der Waals surface area contributed by atoms with Crippen LogP contribution in [-0.2, 0) is 0 Å². The van der Waals surface area contributed by atoms with Gasteiger partial charge in [0.05, 0.1) is 12.3 Å². The van der Waals surface area contributed by atoms with Crippen LogP contribution in [0.5, 0.6) is 0 Å². The summed E-state index contributed by atoms with van der Waals surface area (Å²) in [6.07, 6.45) is -0.783. The summed E-state index contributed by atoms with van der Waals surface area (Å²) in [7, 11) is 0. The third kappa shape index (κ3) is 3.49. The van der Waals surface area contributed by atoms with Crippen LogP contribution < -0.4 is 5.32 Å². The van der Waals surface area contributed by atoms with Crippen LogP contribution in [0.3, 0.4) is 0 Å². The van der Waals surface area contributed by atoms with Crippen LogP contribution >= 0.6 is 11.6 Å². The molecule has 4 atom stereocenters. The van der Waals surface area contributed by atoms with Gasteiger partial charge in [0.2, 0.25) is 0 Å². The minimum Gasteiger partial charge on any atom is -0.467 e. The highest BCUT2D eigenvalue weighted by molar-refractivity contribution is 6.36. The monoisotopic (exact) mass is 430 g/mol. The van der Waals surface area contributed by atoms with Gasteiger partial charge in [0.25, 0.3) is 5.91 Å². The Bertz CT molecular complexity index is 886. The predicted octanol–water partition coefficient (Wildman–Crippen LogP) is 5.19. The summed E-state index contributed by atoms with van der Waals surface area (Å²) in [6.45, 7) is 3.86. The number of nitrogens with zero attached hydrogens (tertiary/aromatic N) is 3. The molecule has 2 aromatic rings. The van der Waals surface area contributed by atoms with Crippen molar-refractivity contribution >= 4 is 23.3 Å². The highest BCUT2D eigenvalue weighted by Crippen LogP contribution is 2.46. The Kier molecular flexibility index (Phi) is 5.04. The number of likely N-dealkylation sites (tertiary alicyclic amines) is 1. The average Bonchev–Trinajstić information content (AvgIpc) is 3.28. The summed E-state index contributed by atoms with van der Waals surface area (Å²) >= 11 is 6.40. The molecular weight excluding hydrogens is 409 g/mol. The summed E-state index contributed by atoms with van der Waals surface area (Å²) in [6, 6.07) is 0.528. The largest absolute Gasteiger partial charge is 0.467 e. The van der Waals surface area contributed by atoms with Gasteiger partial charge >= 0.3 is 6.18 Å². The van der Waals surface area contributed by atoms with Gasteiger partial charge in [-0.25, -0.2) is 4.68 Å². The van der Waals surface area contributed by atoms with Crippen molar-refractivity contribution in [3.8, 4) is 0 Å². The molecule has 29 heavy (non-hydrogen) atoms. The molecule has 4 rings (SSSR count). The summed E-state index contributed by atoms with van der Waals surface area (Å²) < 4.78 is 47.5. The first-order chi connectivity index (χ1) is 13.7. The minimum atomic E-state index is -4.55. The molecule has 0 saturated carbocycles. The zero-order valence-electron chi connectivity index (χ0n) is 16.0. The van der Waals surface area contributed by atoms with E-state index in [0.29, 0.717) is 5.76 Å². The quantitative estimate of drug-likeness (QED) is 0.711. The third-order valence-electron chi connectivity index (χ3n) is 5.81. The molecule has 2 aliphatic rings. The van der Waals surface area contributed by atoms with Crippen LogP contribution in [0.1, 0.15) is 67.9 Å². The number of furan rings is 1. The molecular formula is C19H22ClF3N4O2. The number of nitrogens with one attached hydrogen (secondary N) is 1. The van der Waals surface area contributed by atoms with E-state index in [1.807, 2.05) is 13.8 Å². The fraction of sp³-hybridized carbons (Fsp3) is 0.579. The van der Waals surface area contributed by atoms with Crippen molar-refractivity contribution in [3.63, 3.8) is 0 Å². The molecule has 0 radical (unpaired) electrons. The van der Waals surface area contributed by atoms with E-state index in [2.05, 4.69) is 10.4 Å². The first-order valence-electron chi connectivity index (χ1n) is 9.65. The first kappa shape index (κ1) is 20.1. The maximum atomic E-state index is 13.8. The van der Waals surface area contributed by atoms with Crippen LogP contribution in [-0.4, -0.2) is 38.8 Å². The average molecular weight is 431 g/mol. The van der Waals surface area contributed by atoms with Crippen LogP contribution in [0.2, 0.25) is 5.02 Å². The van der Waals surface area contributed by atoms with Crippen molar-refractivity contribution < 1.29 is 22.4 Å². The third-order valence-corrected chi connectivity index (χ3v) is 6.17. The smallest absolute Gasteiger partial charge is 0.410 e. The van der Waals surface area contributed by atoms with Crippen molar-refractivity contribution in [1.29, 1.82) is 0 Å². The second-order valence-electron chi connectivity index (χ2n) is 7.80. The lowest BCUT2D eigenvalue weighted by Crippen LogP contribution is -2.47. The summed E-state index contributed by atoms with van der Waals surface area (Å²) in [5, 5.41) is 6.92. The number of fused-ring (bicyclic) bond motifs is 1. The van der Waals surface area contributed by atoms with Crippen LogP contribution in [0, 0.1) is 0 Å². The fourth-order valence-corrected chi connectivity index (χ4v) is 4.61. The van der Waals surface area contributed by atoms with E-state index >= 15 is 0 Å². The number of halogens is 4. The number of hydrogen-bond donors (Lipinski definition) is 1. The number of rotatable bonds is 2. The van der Waals surface area contributed by atoms with E-state index in [0.717, 1.165) is 23.9 Å². The van der Waals surface area contributed by atoms with Gasteiger partial charge in [0, 0.05) is 18.5 Å². The number of alkyl halides is 3. The molecule has 1 saturated heterocycles. The number of piperidine rings is 1. The molecule has 1 fully saturated rings. The molecule has 1 amide bonds. The van der Waals surface area contributed by atoms with Crippen LogP contribution in [0.4, 0.5) is 19.0 Å². The molecule has 0 aromatic carbocycles. The molecule has 2 aliphatic heterocycles. The molecule has 0 aliphatic carbocycles. The molecule has 0 unspecified atom stereocenters. The Hall–Kier alpha value is -2.16. The molecule has 0 bridgehead atoms. The maximum Gasteiger partial charge on any atom is 0.410 e. The van der Waals surface area contributed by atoms with Gasteiger partial charge in [-0.05, 0) is 45.2 Å². The highest BCUT2D eigenvalue weighted by atomic mass is 35.5. The molecule has 4 heterocycles. The minimum absolute atomic E-state index is 0.0118. The lowest BCUT2D eigenvalue weighted by atomic mass is 9.97. The van der Waals surface area contributed by atoms with Gasteiger partial charge in [-0.15, -0.1) is 0 Å². The lowest BCUT2D eigenvalue weighted by molar-refractivity contribution is -0.174. The topological polar surface area (TPSA) is 63.3 Å². The van der Waals surface area contributed by atoms with E-state index in [1.54, 1.807) is 17.0 Å². The van der Waals surface area contributed by atoms with Crippen molar-refractivity contribution in [2.45, 2.75) is 69.9 Å². The van der Waals surface area contributed by atoms with Gasteiger partial charge in [0.15, 0.2) is 11.7 Å². The fourth-order valence-electron chi connectivity index (χ4n) is 4.35. The van der Waals surface area contributed by atoms with Crippen molar-refractivity contribution in [1.82, 2.24) is 14.7 Å². The van der Waals surface area contributed by atoms with E-state index < -0.39 is 24.2 Å². The van der Waals surface area contributed by atoms with Crippen LogP contribution in [0.25, 0.3) is 0 Å². The van der Waals surface area contributed by atoms with Gasteiger partial charge in [-0.2, -0.15) is 18.3 Å². The Balaban J connectivity index is 1.74. The second-order valence-corrected chi connectivity index (χ2v) is 8.18. The van der Waals surface area contributed by atoms with Crippen molar-refractivity contribution in [3.05, 3.63) is 34.9 Å². The summed E-state index contributed by atoms with van der Waals surface area (Å²) in [4.78, 5) is 14.8. The van der Waals surface area contributed by atoms with E-state index in [4.69, 9.17) is 16.0 Å². The maximum absolute atomic E-state index is 13.8. The van der Waals surface area contributed by atoms with Gasteiger partial charge in [-0.1, -0.05) is 11.6 Å². The predicted molar refractivity (Wildman–Crippen MR) is 101 cm³/mol. The van der Waals surface area contributed by atoms with E-state index in [1.165, 1.54) is 6.26 Å². The number of anilines is 1. The van der Waals surface area contributed by atoms with Gasteiger partial charge in [-0.3, -0.25) is 4.79 Å². The Labute approximate surface area is 171 Å². The van der Waals surface area contributed by atoms with Crippen molar-refractivity contribution in [2.24, 2.45) is 0 Å². The molecule has 1 N–H and O–H groups in total. The first-order valence-corrected chi connectivity index (χ1v) is 10.0. The van der Waals surface area contributed by atoms with Crippen molar-refractivity contribution in [2.75, 3.05) is 5.32 Å². The summed E-state index contributed by atoms with van der Waals surface area (Å²) in [5.74, 6) is -0.0786. The molecule has 0 spiro atoms. The van der Waals surface area contributed by atoms with E-state index in [9.17, 15) is 18.0 Å². The number of carbonyl (C=O) groups is 1. The van der Waals surface area contributed by atoms with Gasteiger partial charge in [0.1, 0.15) is 16.6 Å². The molecule has 2 aromatic heterocycles. The highest BCUT2D eigenvalue weighted by Gasteiger charge is 2.48. The lowest BCUT2D eigenvalue weighted by Gasteiger charge is -2.38. The number of aromatic nitrogens is 2. The molecule has 158 valence electrons. The normalized spacial score (nSPS) is 27.4. The second kappa shape index (κ2) is 7.27. The van der Waals surface area contributed by atoms with Crippen LogP contribution in [0.15, 0.2) is 22.8 Å². The van der Waals surface area contributed by atoms with E-state index in [-0.39, 0.29) is 35.0 Å². The molecule has 10 heteroatoms.